The van der Waals surface area contributed by atoms with Gasteiger partial charge in [-0.2, -0.15) is 5.10 Å². The minimum absolute atomic E-state index is 0.248. The third-order valence-electron chi connectivity index (χ3n) is 4.40. The topological polar surface area (TPSA) is 76.0 Å². The molecule has 2 amide bonds. The van der Waals surface area contributed by atoms with E-state index in [4.69, 9.17) is 0 Å². The molecule has 0 aliphatic carbocycles. The molecule has 2 aromatic carbocycles. The molecule has 6 nitrogen and oxygen atoms in total. The first-order valence-electron chi connectivity index (χ1n) is 8.88. The molecule has 0 aliphatic rings. The number of benzene rings is 2. The molecule has 2 heterocycles. The predicted molar refractivity (Wildman–Crippen MR) is 109 cm³/mol. The Morgan fingerprint density at radius 3 is 2.45 bits per heavy atom. The van der Waals surface area contributed by atoms with Crippen molar-refractivity contribution in [1.82, 2.24) is 20.6 Å². The minimum atomic E-state index is -0.522. The molecule has 0 aliphatic heterocycles. The van der Waals surface area contributed by atoms with Crippen molar-refractivity contribution >= 4 is 33.4 Å². The van der Waals surface area contributed by atoms with Crippen LogP contribution in [0.15, 0.2) is 60.7 Å². The number of nitrogens with one attached hydrogen (secondary N) is 2. The molecule has 29 heavy (non-hydrogen) atoms. The van der Waals surface area contributed by atoms with Crippen molar-refractivity contribution in [1.29, 1.82) is 0 Å². The summed E-state index contributed by atoms with van der Waals surface area (Å²) in [5.74, 6) is -1.38. The molecule has 0 spiro atoms. The molecule has 8 heteroatoms. The first kappa shape index (κ1) is 18.8. The number of hydrazine groups is 1. The number of rotatable bonds is 4. The molecule has 0 bridgehead atoms. The van der Waals surface area contributed by atoms with Gasteiger partial charge in [0.05, 0.1) is 17.1 Å². The molecule has 0 unspecified atom stereocenters. The zero-order valence-corrected chi connectivity index (χ0v) is 16.3. The van der Waals surface area contributed by atoms with Crippen LogP contribution in [0.1, 0.15) is 31.3 Å². The van der Waals surface area contributed by atoms with Gasteiger partial charge in [0.2, 0.25) is 0 Å². The highest BCUT2D eigenvalue weighted by Gasteiger charge is 2.17. The molecule has 4 rings (SSSR count). The second kappa shape index (κ2) is 7.84. The van der Waals surface area contributed by atoms with Gasteiger partial charge in [0.15, 0.2) is 0 Å². The van der Waals surface area contributed by atoms with Crippen LogP contribution in [0.2, 0.25) is 0 Å². The van der Waals surface area contributed by atoms with Crippen LogP contribution in [0, 0.1) is 12.7 Å². The smallest absolute Gasteiger partial charge is 0.267 e. The Kier molecular flexibility index (Phi) is 5.09. The molecule has 0 saturated heterocycles. The Labute approximate surface area is 169 Å². The fraction of sp³-hybridized carbons (Fsp3) is 0.0952. The third kappa shape index (κ3) is 4.02. The van der Waals surface area contributed by atoms with Crippen LogP contribution < -0.4 is 10.9 Å². The number of carbonyl (C=O) groups excluding carboxylic acids is 2. The average molecular weight is 408 g/mol. The summed E-state index contributed by atoms with van der Waals surface area (Å²) in [7, 11) is 0. The fourth-order valence-electron chi connectivity index (χ4n) is 2.94. The number of carbonyl (C=O) groups is 2. The van der Waals surface area contributed by atoms with E-state index in [0.29, 0.717) is 11.4 Å². The number of hydrogen-bond acceptors (Lipinski definition) is 4. The number of fused-ring (bicyclic) bond motifs is 1. The first-order chi connectivity index (χ1) is 14.0. The molecule has 0 radical (unpaired) electrons. The summed E-state index contributed by atoms with van der Waals surface area (Å²) in [5.41, 5.74) is 6.94. The number of nitrogens with zero attached hydrogens (tertiary/aromatic N) is 2. The maximum atomic E-state index is 13.0. The number of aromatic nitrogens is 2. The Hall–Kier alpha value is -3.52. The lowest BCUT2D eigenvalue weighted by atomic mass is 10.2. The van der Waals surface area contributed by atoms with Crippen molar-refractivity contribution in [3.63, 3.8) is 0 Å². The molecule has 4 aromatic rings. The number of aryl methyl sites for hydroxylation is 1. The highest BCUT2D eigenvalue weighted by atomic mass is 32.1. The highest BCUT2D eigenvalue weighted by Crippen LogP contribution is 2.28. The zero-order valence-electron chi connectivity index (χ0n) is 15.5. The van der Waals surface area contributed by atoms with E-state index in [-0.39, 0.29) is 5.56 Å². The van der Waals surface area contributed by atoms with Gasteiger partial charge in [-0.3, -0.25) is 25.1 Å². The summed E-state index contributed by atoms with van der Waals surface area (Å²) in [6.07, 6.45) is 0. The third-order valence-corrected chi connectivity index (χ3v) is 5.55. The minimum Gasteiger partial charge on any atom is -0.267 e. The van der Waals surface area contributed by atoms with E-state index < -0.39 is 17.6 Å². The van der Waals surface area contributed by atoms with E-state index in [2.05, 4.69) is 16.0 Å². The number of hydrogen-bond donors (Lipinski definition) is 2. The van der Waals surface area contributed by atoms with Gasteiger partial charge in [0, 0.05) is 10.9 Å². The van der Waals surface area contributed by atoms with Crippen molar-refractivity contribution in [2.45, 2.75) is 13.5 Å². The van der Waals surface area contributed by atoms with Crippen LogP contribution in [0.4, 0.5) is 4.39 Å². The van der Waals surface area contributed by atoms with E-state index in [1.54, 1.807) is 6.07 Å². The van der Waals surface area contributed by atoms with E-state index in [1.165, 1.54) is 35.6 Å². The van der Waals surface area contributed by atoms with E-state index in [9.17, 15) is 14.0 Å². The maximum Gasteiger partial charge on any atom is 0.279 e. The maximum absolute atomic E-state index is 13.0. The van der Waals surface area contributed by atoms with Crippen LogP contribution in [0.5, 0.6) is 0 Å². The van der Waals surface area contributed by atoms with Crippen molar-refractivity contribution in [2.75, 3.05) is 0 Å². The Morgan fingerprint density at radius 2 is 1.72 bits per heavy atom. The van der Waals surface area contributed by atoms with E-state index in [0.717, 1.165) is 21.5 Å². The second-order valence-electron chi connectivity index (χ2n) is 6.47. The summed E-state index contributed by atoms with van der Waals surface area (Å²) in [6.45, 7) is 2.50. The SMILES string of the molecule is Cc1nn(Cc2ccccc2)c2sc(C(=O)NNC(=O)c3ccc(F)cc3)cc12. The lowest BCUT2D eigenvalue weighted by Gasteiger charge is -2.06. The summed E-state index contributed by atoms with van der Waals surface area (Å²) >= 11 is 1.31. The normalized spacial score (nSPS) is 10.8. The van der Waals surface area contributed by atoms with Crippen LogP contribution >= 0.6 is 11.3 Å². The van der Waals surface area contributed by atoms with Gasteiger partial charge >= 0.3 is 0 Å². The van der Waals surface area contributed by atoms with Crippen molar-refractivity contribution in [3.8, 4) is 0 Å². The van der Waals surface area contributed by atoms with E-state index in [1.807, 2.05) is 41.9 Å². The van der Waals surface area contributed by atoms with Crippen molar-refractivity contribution < 1.29 is 14.0 Å². The van der Waals surface area contributed by atoms with Crippen LogP contribution in [-0.4, -0.2) is 21.6 Å². The zero-order chi connectivity index (χ0) is 20.4. The largest absolute Gasteiger partial charge is 0.279 e. The summed E-state index contributed by atoms with van der Waals surface area (Å²) in [5, 5.41) is 5.47. The summed E-state index contributed by atoms with van der Waals surface area (Å²) in [4.78, 5) is 25.9. The number of thiophene rings is 1. The number of amides is 2. The van der Waals surface area contributed by atoms with Crippen LogP contribution in [0.25, 0.3) is 10.2 Å². The van der Waals surface area contributed by atoms with Gasteiger partial charge in [-0.05, 0) is 42.8 Å². The van der Waals surface area contributed by atoms with Crippen molar-refractivity contribution in [2.24, 2.45) is 0 Å². The quantitative estimate of drug-likeness (QED) is 0.506. The Balaban J connectivity index is 1.49. The van der Waals surface area contributed by atoms with Gasteiger partial charge in [-0.15, -0.1) is 11.3 Å². The van der Waals surface area contributed by atoms with Crippen LogP contribution in [-0.2, 0) is 6.54 Å². The highest BCUT2D eigenvalue weighted by molar-refractivity contribution is 7.20. The molecule has 146 valence electrons. The van der Waals surface area contributed by atoms with Gasteiger partial charge < -0.3 is 0 Å². The number of halogens is 1. The molecule has 2 N–H and O–H groups in total. The molecule has 2 aromatic heterocycles. The molecular weight excluding hydrogens is 391 g/mol. The first-order valence-corrected chi connectivity index (χ1v) is 9.70. The van der Waals surface area contributed by atoms with Crippen LogP contribution in [0.3, 0.4) is 0 Å². The summed E-state index contributed by atoms with van der Waals surface area (Å²) in [6, 6.07) is 16.8. The molecule has 0 fully saturated rings. The van der Waals surface area contributed by atoms with E-state index >= 15 is 0 Å². The molecule has 0 atom stereocenters. The average Bonchev–Trinajstić information content (AvgIpc) is 3.29. The lowest BCUT2D eigenvalue weighted by molar-refractivity contribution is 0.0849. The predicted octanol–water partition coefficient (Wildman–Crippen LogP) is 3.67. The fourth-order valence-corrected chi connectivity index (χ4v) is 3.99. The Bertz CT molecular complexity index is 1180. The molecular formula is C21H17FN4O2S. The lowest BCUT2D eigenvalue weighted by Crippen LogP contribution is -2.41. The van der Waals surface area contributed by atoms with Gasteiger partial charge in [-0.25, -0.2) is 4.39 Å². The second-order valence-corrected chi connectivity index (χ2v) is 7.50. The standard InChI is InChI=1S/C21H17FN4O2S/c1-13-17-11-18(20(28)24-23-19(27)15-7-9-16(22)10-8-15)29-21(17)26(25-13)12-14-5-3-2-4-6-14/h2-11H,12H2,1H3,(H,23,27)(H,24,28). The molecule has 0 saturated carbocycles. The van der Waals surface area contributed by atoms with Gasteiger partial charge in [0.25, 0.3) is 11.8 Å². The van der Waals surface area contributed by atoms with Gasteiger partial charge in [0.1, 0.15) is 10.6 Å². The monoisotopic (exact) mass is 408 g/mol. The van der Waals surface area contributed by atoms with Gasteiger partial charge in [-0.1, -0.05) is 30.3 Å². The Morgan fingerprint density at radius 1 is 1.03 bits per heavy atom. The van der Waals surface area contributed by atoms with Crippen molar-refractivity contribution in [3.05, 3.63) is 88.2 Å². The summed E-state index contributed by atoms with van der Waals surface area (Å²) < 4.78 is 14.8.